The van der Waals surface area contributed by atoms with Gasteiger partial charge in [0.2, 0.25) is 0 Å². The number of hydroxylamine groups is 1. The molecule has 0 aromatic rings. The van der Waals surface area contributed by atoms with Crippen LogP contribution in [0, 0.1) is 0 Å². The van der Waals surface area contributed by atoms with Crippen molar-refractivity contribution in [2.45, 2.75) is 0 Å². The highest BCUT2D eigenvalue weighted by Crippen LogP contribution is 1.99. The van der Waals surface area contributed by atoms with Gasteiger partial charge in [0.15, 0.2) is 11.0 Å². The molecule has 3 nitrogen and oxygen atoms in total. The highest BCUT2D eigenvalue weighted by Gasteiger charge is 2.01. The molecule has 0 aliphatic carbocycles. The molecule has 0 bridgehead atoms. The average molecular weight is 131 g/mol. The predicted octanol–water partition coefficient (Wildman–Crippen LogP) is 0.382. The van der Waals surface area contributed by atoms with Crippen molar-refractivity contribution in [2.75, 3.05) is 0 Å². The topological polar surface area (TPSA) is 40.5 Å². The van der Waals surface area contributed by atoms with Gasteiger partial charge in [0.1, 0.15) is 0 Å². The zero-order valence-corrected chi connectivity index (χ0v) is 4.84. The second-order valence-corrected chi connectivity index (χ2v) is 2.45. The fourth-order valence-electron chi connectivity index (χ4n) is 0.358. The second kappa shape index (κ2) is 2.11. The van der Waals surface area contributed by atoms with Crippen molar-refractivity contribution >= 4 is 11.0 Å². The quantitative estimate of drug-likeness (QED) is 0.516. The van der Waals surface area contributed by atoms with E-state index < -0.39 is 11.0 Å². The third-order valence-electron chi connectivity index (χ3n) is 0.704. The van der Waals surface area contributed by atoms with Gasteiger partial charge in [0.05, 0.1) is 0 Å². The maximum Gasteiger partial charge on any atom is 0.169 e. The van der Waals surface area contributed by atoms with E-state index in [0.717, 1.165) is 0 Å². The predicted molar refractivity (Wildman–Crippen MR) is 30.0 cm³/mol. The molecule has 1 unspecified atom stereocenters. The van der Waals surface area contributed by atoms with Crippen LogP contribution in [0.4, 0.5) is 0 Å². The molecule has 0 radical (unpaired) electrons. The Hall–Kier alpha value is -0.610. The van der Waals surface area contributed by atoms with Gasteiger partial charge in [-0.15, -0.1) is 0 Å². The number of allylic oxidation sites excluding steroid dienone is 2. The molecule has 0 aromatic heterocycles. The van der Waals surface area contributed by atoms with Gasteiger partial charge in [0.25, 0.3) is 0 Å². The first-order chi connectivity index (χ1) is 3.80. The molecule has 4 heteroatoms. The van der Waals surface area contributed by atoms with Gasteiger partial charge in [-0.3, -0.25) is 5.21 Å². The summed E-state index contributed by atoms with van der Waals surface area (Å²) in [5, 5.41) is 9.96. The van der Waals surface area contributed by atoms with Gasteiger partial charge in [-0.05, 0) is 12.2 Å². The molecule has 0 spiro atoms. The van der Waals surface area contributed by atoms with E-state index in [1.165, 1.54) is 11.6 Å². The largest absolute Gasteiger partial charge is 0.276 e. The Morgan fingerprint density at radius 3 is 2.62 bits per heavy atom. The lowest BCUT2D eigenvalue weighted by molar-refractivity contribution is 0.0625. The summed E-state index contributed by atoms with van der Waals surface area (Å²) in [7, 11) is -1.36. The van der Waals surface area contributed by atoms with Crippen molar-refractivity contribution in [1.82, 2.24) is 4.47 Å². The summed E-state index contributed by atoms with van der Waals surface area (Å²) in [6, 6.07) is 0. The summed E-state index contributed by atoms with van der Waals surface area (Å²) in [6.07, 6.45) is 4.54. The monoisotopic (exact) mass is 131 g/mol. The Bertz CT molecular complexity index is 163. The second-order valence-electron chi connectivity index (χ2n) is 1.25. The normalized spacial score (nSPS) is 26.6. The minimum absolute atomic E-state index is 0.639. The summed E-state index contributed by atoms with van der Waals surface area (Å²) >= 11 is 0. The first kappa shape index (κ1) is 5.53. The van der Waals surface area contributed by atoms with Crippen LogP contribution in [0.2, 0.25) is 0 Å². The average Bonchev–Trinajstić information content (AvgIpc) is 1.77. The van der Waals surface area contributed by atoms with Crippen LogP contribution in [0.1, 0.15) is 0 Å². The SMILES string of the molecule is O=S1C=CC=CN1O. The molecule has 1 aliphatic heterocycles. The lowest BCUT2D eigenvalue weighted by Gasteiger charge is -2.08. The van der Waals surface area contributed by atoms with E-state index in [1.54, 1.807) is 12.2 Å². The van der Waals surface area contributed by atoms with Crippen LogP contribution in [0.25, 0.3) is 0 Å². The Balaban J connectivity index is 2.74. The molecule has 44 valence electrons. The van der Waals surface area contributed by atoms with Gasteiger partial charge >= 0.3 is 0 Å². The van der Waals surface area contributed by atoms with E-state index in [9.17, 15) is 4.21 Å². The summed E-state index contributed by atoms with van der Waals surface area (Å²) < 4.78 is 11.1. The van der Waals surface area contributed by atoms with Crippen LogP contribution in [-0.2, 0) is 11.0 Å². The first-order valence-electron chi connectivity index (χ1n) is 2.04. The fraction of sp³-hybridized carbons (Fsp3) is 0. The molecule has 0 saturated carbocycles. The number of hydrogen-bond acceptors (Lipinski definition) is 2. The smallest absolute Gasteiger partial charge is 0.169 e. The molecular formula is C4H5NO2S. The number of rotatable bonds is 0. The standard InChI is InChI=1S/C4H5NO2S/c6-5-3-1-2-4-8(5)7/h1-4,6H. The van der Waals surface area contributed by atoms with Gasteiger partial charge in [-0.1, -0.05) is 0 Å². The van der Waals surface area contributed by atoms with Crippen LogP contribution in [-0.4, -0.2) is 13.9 Å². The fourth-order valence-corrected chi connectivity index (χ4v) is 0.898. The Labute approximate surface area is 49.5 Å². The first-order valence-corrected chi connectivity index (χ1v) is 3.21. The Kier molecular flexibility index (Phi) is 1.45. The van der Waals surface area contributed by atoms with E-state index >= 15 is 0 Å². The van der Waals surface area contributed by atoms with Crippen molar-refractivity contribution in [3.05, 3.63) is 23.8 Å². The Morgan fingerprint density at radius 2 is 2.25 bits per heavy atom. The molecule has 0 amide bonds. The minimum atomic E-state index is -1.36. The Morgan fingerprint density at radius 1 is 1.50 bits per heavy atom. The summed E-state index contributed by atoms with van der Waals surface area (Å²) in [4.78, 5) is 0. The van der Waals surface area contributed by atoms with Crippen molar-refractivity contribution in [2.24, 2.45) is 0 Å². The molecule has 0 saturated heterocycles. The maximum atomic E-state index is 10.4. The maximum absolute atomic E-state index is 10.4. The molecule has 0 fully saturated rings. The number of nitrogens with zero attached hydrogens (tertiary/aromatic N) is 1. The van der Waals surface area contributed by atoms with Crippen molar-refractivity contribution < 1.29 is 9.42 Å². The van der Waals surface area contributed by atoms with E-state index in [0.29, 0.717) is 4.47 Å². The van der Waals surface area contributed by atoms with E-state index in [-0.39, 0.29) is 0 Å². The van der Waals surface area contributed by atoms with Crippen molar-refractivity contribution in [1.29, 1.82) is 0 Å². The molecule has 8 heavy (non-hydrogen) atoms. The molecule has 1 rings (SSSR count). The van der Waals surface area contributed by atoms with Gasteiger partial charge < -0.3 is 0 Å². The van der Waals surface area contributed by atoms with E-state index in [2.05, 4.69) is 0 Å². The van der Waals surface area contributed by atoms with E-state index in [4.69, 9.17) is 5.21 Å². The summed E-state index contributed by atoms with van der Waals surface area (Å²) in [6.45, 7) is 0. The van der Waals surface area contributed by atoms with Gasteiger partial charge in [0, 0.05) is 11.6 Å². The minimum Gasteiger partial charge on any atom is -0.276 e. The highest BCUT2D eigenvalue weighted by molar-refractivity contribution is 7.85. The van der Waals surface area contributed by atoms with Crippen LogP contribution in [0.3, 0.4) is 0 Å². The lowest BCUT2D eigenvalue weighted by atomic mass is 10.6. The van der Waals surface area contributed by atoms with Gasteiger partial charge in [-0.2, -0.15) is 4.47 Å². The summed E-state index contributed by atoms with van der Waals surface area (Å²) in [5.74, 6) is 0. The highest BCUT2D eigenvalue weighted by atomic mass is 32.2. The molecule has 1 aliphatic rings. The molecule has 0 aromatic carbocycles. The zero-order chi connectivity index (χ0) is 5.98. The summed E-state index contributed by atoms with van der Waals surface area (Å²) in [5.41, 5.74) is 0. The lowest BCUT2D eigenvalue weighted by Crippen LogP contribution is -2.13. The molecule has 1 atom stereocenters. The van der Waals surface area contributed by atoms with Crippen molar-refractivity contribution in [3.8, 4) is 0 Å². The third kappa shape index (κ3) is 0.962. The van der Waals surface area contributed by atoms with Crippen LogP contribution >= 0.6 is 0 Å². The van der Waals surface area contributed by atoms with E-state index in [1.807, 2.05) is 0 Å². The number of hydrogen-bond donors (Lipinski definition) is 1. The zero-order valence-electron chi connectivity index (χ0n) is 4.02. The third-order valence-corrected chi connectivity index (χ3v) is 1.58. The van der Waals surface area contributed by atoms with Gasteiger partial charge in [-0.25, -0.2) is 4.21 Å². The molecular weight excluding hydrogens is 126 g/mol. The van der Waals surface area contributed by atoms with Crippen molar-refractivity contribution in [3.63, 3.8) is 0 Å². The van der Waals surface area contributed by atoms with Crippen LogP contribution < -0.4 is 0 Å². The molecule has 1 heterocycles. The van der Waals surface area contributed by atoms with Crippen LogP contribution in [0.5, 0.6) is 0 Å². The molecule has 1 N–H and O–H groups in total. The van der Waals surface area contributed by atoms with Crippen LogP contribution in [0.15, 0.2) is 23.8 Å².